The zero-order chi connectivity index (χ0) is 16.4. The molecule has 3 rings (SSSR count). The molecule has 0 bridgehead atoms. The second kappa shape index (κ2) is 6.48. The van der Waals surface area contributed by atoms with Gasteiger partial charge in [-0.3, -0.25) is 0 Å². The lowest BCUT2D eigenvalue weighted by Crippen LogP contribution is -2.19. The van der Waals surface area contributed by atoms with Crippen LogP contribution in [0.5, 0.6) is 0 Å². The topological polar surface area (TPSA) is 66.8 Å². The van der Waals surface area contributed by atoms with Gasteiger partial charge in [0.15, 0.2) is 0 Å². The molecule has 3 heterocycles. The molecule has 6 nitrogen and oxygen atoms in total. The standard InChI is InChI=1S/C17H24N6/c1-11(2)7-16-19-8-13-9-23(10-14(13)21-16)17-18-6-5-15(22-17)20-12(3)4/h5-6,8,11-12H,7,9-10H2,1-4H3,(H,18,20,22). The fourth-order valence-corrected chi connectivity index (χ4v) is 2.68. The average Bonchev–Trinajstić information content (AvgIpc) is 2.89. The monoisotopic (exact) mass is 312 g/mol. The number of anilines is 2. The third-order valence-electron chi connectivity index (χ3n) is 3.66. The van der Waals surface area contributed by atoms with Crippen LogP contribution in [0.2, 0.25) is 0 Å². The molecule has 0 atom stereocenters. The molecule has 0 aliphatic carbocycles. The van der Waals surface area contributed by atoms with Gasteiger partial charge in [0.1, 0.15) is 11.6 Å². The molecule has 2 aromatic rings. The maximum absolute atomic E-state index is 4.72. The van der Waals surface area contributed by atoms with Gasteiger partial charge in [0.05, 0.1) is 12.2 Å². The maximum atomic E-state index is 4.72. The second-order valence-electron chi connectivity index (χ2n) is 6.75. The molecule has 0 aromatic carbocycles. The molecule has 0 saturated carbocycles. The Morgan fingerprint density at radius 3 is 2.70 bits per heavy atom. The van der Waals surface area contributed by atoms with Crippen LogP contribution in [0.3, 0.4) is 0 Å². The Labute approximate surface area is 137 Å². The van der Waals surface area contributed by atoms with Crippen LogP contribution in [0.25, 0.3) is 0 Å². The summed E-state index contributed by atoms with van der Waals surface area (Å²) in [5.74, 6) is 3.08. The largest absolute Gasteiger partial charge is 0.368 e. The summed E-state index contributed by atoms with van der Waals surface area (Å²) in [4.78, 5) is 20.4. The third kappa shape index (κ3) is 3.75. The van der Waals surface area contributed by atoms with Gasteiger partial charge in [-0.05, 0) is 25.8 Å². The summed E-state index contributed by atoms with van der Waals surface area (Å²) in [5.41, 5.74) is 2.27. The molecule has 0 spiro atoms. The predicted octanol–water partition coefficient (Wildman–Crippen LogP) is 2.81. The first kappa shape index (κ1) is 15.6. The second-order valence-corrected chi connectivity index (χ2v) is 6.75. The summed E-state index contributed by atoms with van der Waals surface area (Å²) in [6, 6.07) is 2.24. The molecule has 122 valence electrons. The van der Waals surface area contributed by atoms with E-state index in [1.165, 1.54) is 5.56 Å². The maximum Gasteiger partial charge on any atom is 0.227 e. The fraction of sp³-hybridized carbons (Fsp3) is 0.529. The van der Waals surface area contributed by atoms with E-state index in [9.17, 15) is 0 Å². The molecule has 0 unspecified atom stereocenters. The van der Waals surface area contributed by atoms with E-state index in [1.54, 1.807) is 6.20 Å². The summed E-state index contributed by atoms with van der Waals surface area (Å²) in [7, 11) is 0. The van der Waals surface area contributed by atoms with Crippen LogP contribution in [0.1, 0.15) is 44.8 Å². The molecule has 2 aromatic heterocycles. The summed E-state index contributed by atoms with van der Waals surface area (Å²) in [5, 5.41) is 3.31. The van der Waals surface area contributed by atoms with Crippen LogP contribution in [-0.4, -0.2) is 26.0 Å². The SMILES string of the molecule is CC(C)Cc1ncc2c(n1)CN(c1nccc(NC(C)C)n1)C2. The van der Waals surface area contributed by atoms with Gasteiger partial charge < -0.3 is 10.2 Å². The van der Waals surface area contributed by atoms with E-state index in [2.05, 4.69) is 52.9 Å². The predicted molar refractivity (Wildman–Crippen MR) is 91.3 cm³/mol. The first-order valence-corrected chi connectivity index (χ1v) is 8.19. The number of nitrogens with one attached hydrogen (secondary N) is 1. The molecule has 6 heteroatoms. The van der Waals surface area contributed by atoms with Crippen molar-refractivity contribution in [3.63, 3.8) is 0 Å². The molecule has 1 aliphatic rings. The molecular weight excluding hydrogens is 288 g/mol. The Morgan fingerprint density at radius 1 is 1.13 bits per heavy atom. The minimum absolute atomic E-state index is 0.345. The summed E-state index contributed by atoms with van der Waals surface area (Å²) < 4.78 is 0. The smallest absolute Gasteiger partial charge is 0.227 e. The minimum Gasteiger partial charge on any atom is -0.368 e. The van der Waals surface area contributed by atoms with E-state index < -0.39 is 0 Å². The highest BCUT2D eigenvalue weighted by atomic mass is 15.3. The van der Waals surface area contributed by atoms with Gasteiger partial charge in [-0.1, -0.05) is 13.8 Å². The van der Waals surface area contributed by atoms with Gasteiger partial charge in [-0.25, -0.2) is 15.0 Å². The van der Waals surface area contributed by atoms with E-state index in [4.69, 9.17) is 4.98 Å². The number of hydrogen-bond donors (Lipinski definition) is 1. The molecule has 1 aliphatic heterocycles. The van der Waals surface area contributed by atoms with Crippen molar-refractivity contribution in [2.45, 2.75) is 53.2 Å². The van der Waals surface area contributed by atoms with Crippen LogP contribution >= 0.6 is 0 Å². The molecule has 0 radical (unpaired) electrons. The van der Waals surface area contributed by atoms with Crippen molar-refractivity contribution in [2.24, 2.45) is 5.92 Å². The van der Waals surface area contributed by atoms with E-state index >= 15 is 0 Å². The molecule has 23 heavy (non-hydrogen) atoms. The lowest BCUT2D eigenvalue weighted by molar-refractivity contribution is 0.617. The van der Waals surface area contributed by atoms with Crippen molar-refractivity contribution in [3.8, 4) is 0 Å². The van der Waals surface area contributed by atoms with Crippen molar-refractivity contribution in [3.05, 3.63) is 35.5 Å². The Kier molecular flexibility index (Phi) is 4.41. The van der Waals surface area contributed by atoms with E-state index in [0.717, 1.165) is 42.8 Å². The van der Waals surface area contributed by atoms with E-state index in [1.807, 2.05) is 12.3 Å². The molecule has 0 saturated heterocycles. The number of fused-ring (bicyclic) bond motifs is 1. The summed E-state index contributed by atoms with van der Waals surface area (Å²) >= 11 is 0. The van der Waals surface area contributed by atoms with E-state index in [-0.39, 0.29) is 0 Å². The van der Waals surface area contributed by atoms with Gasteiger partial charge >= 0.3 is 0 Å². The minimum atomic E-state index is 0.345. The number of aromatic nitrogens is 4. The first-order chi connectivity index (χ1) is 11.0. The number of rotatable bonds is 5. The van der Waals surface area contributed by atoms with E-state index in [0.29, 0.717) is 12.0 Å². The Morgan fingerprint density at radius 2 is 1.96 bits per heavy atom. The first-order valence-electron chi connectivity index (χ1n) is 8.19. The molecular formula is C17H24N6. The average molecular weight is 312 g/mol. The van der Waals surface area contributed by atoms with Crippen molar-refractivity contribution in [1.82, 2.24) is 19.9 Å². The van der Waals surface area contributed by atoms with Gasteiger partial charge in [0, 0.05) is 37.0 Å². The van der Waals surface area contributed by atoms with Crippen molar-refractivity contribution >= 4 is 11.8 Å². The van der Waals surface area contributed by atoms with Crippen molar-refractivity contribution < 1.29 is 0 Å². The lowest BCUT2D eigenvalue weighted by atomic mass is 10.1. The third-order valence-corrected chi connectivity index (χ3v) is 3.66. The molecule has 0 fully saturated rings. The van der Waals surface area contributed by atoms with Crippen molar-refractivity contribution in [1.29, 1.82) is 0 Å². The van der Waals surface area contributed by atoms with Gasteiger partial charge in [0.25, 0.3) is 0 Å². The van der Waals surface area contributed by atoms with Crippen molar-refractivity contribution in [2.75, 3.05) is 10.2 Å². The Balaban J connectivity index is 1.76. The van der Waals surface area contributed by atoms with Crippen LogP contribution < -0.4 is 10.2 Å². The highest BCUT2D eigenvalue weighted by Crippen LogP contribution is 2.25. The summed E-state index contributed by atoms with van der Waals surface area (Å²) in [6.45, 7) is 10.1. The zero-order valence-corrected chi connectivity index (χ0v) is 14.2. The lowest BCUT2D eigenvalue weighted by Gasteiger charge is -2.16. The van der Waals surface area contributed by atoms with Gasteiger partial charge in [0.2, 0.25) is 5.95 Å². The van der Waals surface area contributed by atoms with Crippen LogP contribution in [0.4, 0.5) is 11.8 Å². The number of nitrogens with zero attached hydrogens (tertiary/aromatic N) is 5. The highest BCUT2D eigenvalue weighted by Gasteiger charge is 2.23. The van der Waals surface area contributed by atoms with Crippen LogP contribution in [0.15, 0.2) is 18.5 Å². The fourth-order valence-electron chi connectivity index (χ4n) is 2.68. The zero-order valence-electron chi connectivity index (χ0n) is 14.2. The normalized spacial score (nSPS) is 13.7. The molecule has 0 amide bonds. The highest BCUT2D eigenvalue weighted by molar-refractivity contribution is 5.45. The summed E-state index contributed by atoms with van der Waals surface area (Å²) in [6.07, 6.45) is 4.67. The van der Waals surface area contributed by atoms with Crippen LogP contribution in [-0.2, 0) is 19.5 Å². The molecule has 1 N–H and O–H groups in total. The van der Waals surface area contributed by atoms with Gasteiger partial charge in [-0.2, -0.15) is 4.98 Å². The van der Waals surface area contributed by atoms with Crippen LogP contribution in [0, 0.1) is 5.92 Å². The Bertz CT molecular complexity index is 683. The van der Waals surface area contributed by atoms with Gasteiger partial charge in [-0.15, -0.1) is 0 Å². The quantitative estimate of drug-likeness (QED) is 0.915. The Hall–Kier alpha value is -2.24. The number of hydrogen-bond acceptors (Lipinski definition) is 6.